The van der Waals surface area contributed by atoms with Crippen LogP contribution < -0.4 is 16.8 Å². The number of nitrogens with two attached hydrogens (primary N) is 1. The summed E-state index contributed by atoms with van der Waals surface area (Å²) in [4.78, 5) is 16.3. The number of anilines is 2. The molecule has 1 aliphatic heterocycles. The quantitative estimate of drug-likeness (QED) is 0.750. The monoisotopic (exact) mass is 290 g/mol. The number of fused-ring (bicyclic) bond motifs is 1. The summed E-state index contributed by atoms with van der Waals surface area (Å²) >= 11 is 0. The smallest absolute Gasteiger partial charge is 0.408 e. The predicted molar refractivity (Wildman–Crippen MR) is 84.6 cm³/mol. The molecule has 2 aromatic rings. The Labute approximate surface area is 123 Å². The molecule has 1 aliphatic rings. The van der Waals surface area contributed by atoms with E-state index in [1.807, 2.05) is 6.07 Å². The maximum atomic E-state index is 11.2. The maximum absolute atomic E-state index is 11.2. The van der Waals surface area contributed by atoms with Crippen molar-refractivity contribution in [1.29, 1.82) is 0 Å². The Kier molecular flexibility index (Phi) is 4.15. The highest BCUT2D eigenvalue weighted by Gasteiger charge is 2.10. The van der Waals surface area contributed by atoms with Gasteiger partial charge >= 0.3 is 5.76 Å². The Morgan fingerprint density at radius 3 is 2.76 bits per heavy atom. The fourth-order valence-corrected chi connectivity index (χ4v) is 2.87. The average molecular weight is 290 g/mol. The van der Waals surface area contributed by atoms with Crippen molar-refractivity contribution in [3.8, 4) is 0 Å². The van der Waals surface area contributed by atoms with Gasteiger partial charge in [0, 0.05) is 19.2 Å². The summed E-state index contributed by atoms with van der Waals surface area (Å²) in [7, 11) is 0. The highest BCUT2D eigenvalue weighted by molar-refractivity contribution is 5.85. The molecule has 0 bridgehead atoms. The zero-order chi connectivity index (χ0) is 14.7. The van der Waals surface area contributed by atoms with Crippen LogP contribution in [-0.2, 0) is 0 Å². The van der Waals surface area contributed by atoms with Gasteiger partial charge in [-0.1, -0.05) is 12.8 Å². The molecular weight excluding hydrogens is 268 g/mol. The van der Waals surface area contributed by atoms with Gasteiger partial charge in [-0.25, -0.2) is 4.79 Å². The van der Waals surface area contributed by atoms with E-state index in [4.69, 9.17) is 10.2 Å². The Morgan fingerprint density at radius 2 is 2.00 bits per heavy atom. The molecule has 0 unspecified atom stereocenters. The molecule has 3 rings (SSSR count). The van der Waals surface area contributed by atoms with E-state index >= 15 is 0 Å². The van der Waals surface area contributed by atoms with Crippen molar-refractivity contribution in [2.75, 3.05) is 37.2 Å². The normalized spacial score (nSPS) is 17.0. The third-order valence-electron chi connectivity index (χ3n) is 4.03. The van der Waals surface area contributed by atoms with Gasteiger partial charge in [-0.2, -0.15) is 0 Å². The molecule has 0 amide bonds. The van der Waals surface area contributed by atoms with Crippen molar-refractivity contribution in [3.05, 3.63) is 22.7 Å². The molecule has 114 valence electrons. The number of likely N-dealkylation sites (tertiary alicyclic amines) is 1. The van der Waals surface area contributed by atoms with Gasteiger partial charge in [0.25, 0.3) is 0 Å². The summed E-state index contributed by atoms with van der Waals surface area (Å²) < 4.78 is 4.99. The van der Waals surface area contributed by atoms with Crippen LogP contribution in [0.1, 0.15) is 25.7 Å². The zero-order valence-corrected chi connectivity index (χ0v) is 12.2. The van der Waals surface area contributed by atoms with E-state index in [0.717, 1.165) is 18.8 Å². The van der Waals surface area contributed by atoms with Crippen LogP contribution >= 0.6 is 0 Å². The lowest BCUT2D eigenvalue weighted by atomic mass is 10.2. The van der Waals surface area contributed by atoms with Crippen LogP contribution in [0.3, 0.4) is 0 Å². The Morgan fingerprint density at radius 1 is 1.24 bits per heavy atom. The van der Waals surface area contributed by atoms with Gasteiger partial charge in [0.15, 0.2) is 5.58 Å². The molecule has 0 aliphatic carbocycles. The van der Waals surface area contributed by atoms with E-state index < -0.39 is 5.76 Å². The molecule has 0 spiro atoms. The van der Waals surface area contributed by atoms with Crippen molar-refractivity contribution < 1.29 is 4.42 Å². The summed E-state index contributed by atoms with van der Waals surface area (Å²) in [6, 6.07) is 3.51. The number of benzene rings is 1. The minimum atomic E-state index is -0.453. The van der Waals surface area contributed by atoms with Crippen LogP contribution in [0.5, 0.6) is 0 Å². The molecular formula is C15H22N4O2. The van der Waals surface area contributed by atoms with E-state index in [1.165, 1.54) is 38.8 Å². The number of nitrogens with one attached hydrogen (secondary N) is 2. The van der Waals surface area contributed by atoms with Crippen molar-refractivity contribution in [1.82, 2.24) is 9.88 Å². The first-order valence-electron chi connectivity index (χ1n) is 7.61. The molecule has 1 aromatic heterocycles. The fraction of sp³-hybridized carbons (Fsp3) is 0.533. The number of rotatable bonds is 4. The van der Waals surface area contributed by atoms with Gasteiger partial charge in [-0.15, -0.1) is 0 Å². The van der Waals surface area contributed by atoms with Crippen LogP contribution in [0.4, 0.5) is 11.4 Å². The lowest BCUT2D eigenvalue weighted by Crippen LogP contribution is -2.30. The van der Waals surface area contributed by atoms with Crippen LogP contribution in [0.15, 0.2) is 21.3 Å². The molecule has 0 radical (unpaired) electrons. The van der Waals surface area contributed by atoms with Gasteiger partial charge < -0.3 is 20.4 Å². The molecule has 1 aromatic carbocycles. The highest BCUT2D eigenvalue weighted by Crippen LogP contribution is 2.24. The highest BCUT2D eigenvalue weighted by atomic mass is 16.4. The number of oxazole rings is 1. The third kappa shape index (κ3) is 3.39. The second-order valence-corrected chi connectivity index (χ2v) is 5.63. The summed E-state index contributed by atoms with van der Waals surface area (Å²) in [5.74, 6) is -0.453. The first-order valence-corrected chi connectivity index (χ1v) is 7.61. The van der Waals surface area contributed by atoms with Crippen LogP contribution in [0, 0.1) is 0 Å². The average Bonchev–Trinajstić information content (AvgIpc) is 2.65. The van der Waals surface area contributed by atoms with Gasteiger partial charge in [0.2, 0.25) is 0 Å². The summed E-state index contributed by atoms with van der Waals surface area (Å²) in [6.07, 6.45) is 5.29. The number of aromatic amines is 1. The summed E-state index contributed by atoms with van der Waals surface area (Å²) in [5.41, 5.74) is 8.60. The minimum Gasteiger partial charge on any atom is -0.408 e. The Balaban J connectivity index is 1.61. The van der Waals surface area contributed by atoms with Crippen molar-refractivity contribution in [2.24, 2.45) is 0 Å². The lowest BCUT2D eigenvalue weighted by Gasteiger charge is -2.20. The Hall–Kier alpha value is -1.95. The predicted octanol–water partition coefficient (Wildman–Crippen LogP) is 1.99. The fourth-order valence-electron chi connectivity index (χ4n) is 2.87. The van der Waals surface area contributed by atoms with Crippen LogP contribution in [0.25, 0.3) is 11.1 Å². The van der Waals surface area contributed by atoms with Gasteiger partial charge in [0.1, 0.15) is 0 Å². The minimum absolute atomic E-state index is 0.453. The molecule has 21 heavy (non-hydrogen) atoms. The first kappa shape index (κ1) is 14.0. The standard InChI is InChI=1S/C15H22N4O2/c16-11-9-14-13(18-15(20)21-14)10-12(11)17-5-8-19-6-3-1-2-4-7-19/h9-10,17H,1-8,16H2,(H,18,20). The van der Waals surface area contributed by atoms with E-state index in [2.05, 4.69) is 15.2 Å². The molecule has 1 saturated heterocycles. The topological polar surface area (TPSA) is 87.3 Å². The van der Waals surface area contributed by atoms with E-state index in [9.17, 15) is 4.79 Å². The molecule has 0 saturated carbocycles. The van der Waals surface area contributed by atoms with Crippen LogP contribution in [-0.4, -0.2) is 36.1 Å². The van der Waals surface area contributed by atoms with Crippen LogP contribution in [0.2, 0.25) is 0 Å². The summed E-state index contributed by atoms with van der Waals surface area (Å²) in [5, 5.41) is 3.35. The van der Waals surface area contributed by atoms with E-state index in [1.54, 1.807) is 6.07 Å². The molecule has 6 nitrogen and oxygen atoms in total. The maximum Gasteiger partial charge on any atom is 0.417 e. The molecule has 2 heterocycles. The summed E-state index contributed by atoms with van der Waals surface area (Å²) in [6.45, 7) is 4.23. The number of hydrogen-bond acceptors (Lipinski definition) is 5. The van der Waals surface area contributed by atoms with E-state index in [-0.39, 0.29) is 0 Å². The second-order valence-electron chi connectivity index (χ2n) is 5.63. The molecule has 0 atom stereocenters. The lowest BCUT2D eigenvalue weighted by molar-refractivity contribution is 0.296. The number of nitrogens with zero attached hydrogens (tertiary/aromatic N) is 1. The number of H-pyrrole nitrogens is 1. The Bertz CT molecular complexity index is 653. The van der Waals surface area contributed by atoms with Gasteiger partial charge in [-0.3, -0.25) is 4.98 Å². The second kappa shape index (κ2) is 6.22. The SMILES string of the molecule is Nc1cc2oc(=O)[nH]c2cc1NCCN1CCCCCC1. The van der Waals surface area contributed by atoms with Crippen molar-refractivity contribution in [3.63, 3.8) is 0 Å². The largest absolute Gasteiger partial charge is 0.417 e. The van der Waals surface area contributed by atoms with Gasteiger partial charge in [0.05, 0.1) is 16.9 Å². The van der Waals surface area contributed by atoms with Gasteiger partial charge in [-0.05, 0) is 32.0 Å². The first-order chi connectivity index (χ1) is 10.2. The number of nitrogen functional groups attached to an aromatic ring is 1. The van der Waals surface area contributed by atoms with E-state index in [0.29, 0.717) is 16.8 Å². The van der Waals surface area contributed by atoms with Crippen molar-refractivity contribution >= 4 is 22.5 Å². The third-order valence-corrected chi connectivity index (χ3v) is 4.03. The molecule has 1 fully saturated rings. The number of hydrogen-bond donors (Lipinski definition) is 3. The zero-order valence-electron chi connectivity index (χ0n) is 12.2. The molecule has 4 N–H and O–H groups in total. The number of aromatic nitrogens is 1. The molecule has 6 heteroatoms. The van der Waals surface area contributed by atoms with Crippen molar-refractivity contribution in [2.45, 2.75) is 25.7 Å².